The first kappa shape index (κ1) is 20.9. The molecule has 2 amide bonds. The molecule has 1 atom stereocenters. The van der Waals surface area contributed by atoms with Crippen LogP contribution in [0.5, 0.6) is 5.75 Å². The molecule has 1 aromatic rings. The Bertz CT molecular complexity index is 713. The molecule has 1 saturated carbocycles. The molecule has 154 valence electrons. The number of piperidine rings is 1. The summed E-state index contributed by atoms with van der Waals surface area (Å²) >= 11 is 0. The van der Waals surface area contributed by atoms with Crippen LogP contribution in [0, 0.1) is 11.3 Å². The predicted molar refractivity (Wildman–Crippen MR) is 110 cm³/mol. The van der Waals surface area contributed by atoms with Gasteiger partial charge >= 0.3 is 0 Å². The normalized spacial score (nSPS) is 23.1. The molecule has 2 aliphatic heterocycles. The van der Waals surface area contributed by atoms with Crippen molar-refractivity contribution in [3.05, 3.63) is 29.8 Å². The topological polar surface area (TPSA) is 61.9 Å². The summed E-state index contributed by atoms with van der Waals surface area (Å²) in [5.41, 5.74) is 1.24. The predicted octanol–water partition coefficient (Wildman–Crippen LogP) is 1.72. The lowest BCUT2D eigenvalue weighted by atomic mass is 9.91. The number of hydrogen-bond acceptors (Lipinski definition) is 4. The van der Waals surface area contributed by atoms with Crippen LogP contribution in [0.15, 0.2) is 24.3 Å². The van der Waals surface area contributed by atoms with E-state index in [-0.39, 0.29) is 29.6 Å². The van der Waals surface area contributed by atoms with Gasteiger partial charge in [-0.25, -0.2) is 0 Å². The van der Waals surface area contributed by atoms with Gasteiger partial charge in [0.2, 0.25) is 11.8 Å². The number of amides is 2. The molecule has 1 N–H and O–H groups in total. The molecule has 3 fully saturated rings. The second-order valence-electron chi connectivity index (χ2n) is 8.10. The summed E-state index contributed by atoms with van der Waals surface area (Å²) in [6.07, 6.45) is 3.69. The minimum atomic E-state index is 0. The van der Waals surface area contributed by atoms with Crippen LogP contribution in [-0.4, -0.2) is 68.0 Å². The number of hydrogen-bond donors (Lipinski definition) is 1. The van der Waals surface area contributed by atoms with Crippen LogP contribution in [-0.2, 0) is 16.0 Å². The van der Waals surface area contributed by atoms with E-state index in [0.717, 1.165) is 43.7 Å². The molecule has 1 aromatic carbocycles. The molecule has 0 aromatic heterocycles. The molecular formula is C21H30ClN3O3. The monoisotopic (exact) mass is 407 g/mol. The van der Waals surface area contributed by atoms with E-state index in [4.69, 9.17) is 4.74 Å². The fourth-order valence-corrected chi connectivity index (χ4v) is 4.64. The maximum atomic E-state index is 12.9. The van der Waals surface area contributed by atoms with E-state index in [1.54, 1.807) is 7.11 Å². The van der Waals surface area contributed by atoms with Crippen LogP contribution in [0.2, 0.25) is 0 Å². The van der Waals surface area contributed by atoms with Crippen molar-refractivity contribution in [2.75, 3.05) is 46.4 Å². The van der Waals surface area contributed by atoms with E-state index < -0.39 is 0 Å². The van der Waals surface area contributed by atoms with Crippen molar-refractivity contribution >= 4 is 24.2 Å². The maximum Gasteiger partial charge on any atom is 0.227 e. The lowest BCUT2D eigenvalue weighted by Gasteiger charge is -2.35. The smallest absolute Gasteiger partial charge is 0.227 e. The Morgan fingerprint density at radius 1 is 1.14 bits per heavy atom. The van der Waals surface area contributed by atoms with Crippen molar-refractivity contribution in [2.45, 2.75) is 25.7 Å². The summed E-state index contributed by atoms with van der Waals surface area (Å²) in [4.78, 5) is 29.3. The number of piperazine rings is 1. The van der Waals surface area contributed by atoms with Crippen LogP contribution in [0.25, 0.3) is 0 Å². The number of nitrogens with one attached hydrogen (secondary N) is 1. The molecule has 6 nitrogen and oxygen atoms in total. The Balaban J connectivity index is 0.00000225. The van der Waals surface area contributed by atoms with E-state index in [1.165, 1.54) is 0 Å². The molecule has 1 aliphatic carbocycles. The number of rotatable bonds is 4. The third-order valence-corrected chi connectivity index (χ3v) is 6.52. The van der Waals surface area contributed by atoms with Gasteiger partial charge in [-0.1, -0.05) is 12.1 Å². The third kappa shape index (κ3) is 4.28. The first-order valence-electron chi connectivity index (χ1n) is 10.0. The fourth-order valence-electron chi connectivity index (χ4n) is 4.64. The molecule has 1 spiro atoms. The summed E-state index contributed by atoms with van der Waals surface area (Å²) < 4.78 is 5.23. The van der Waals surface area contributed by atoms with Gasteiger partial charge in [0, 0.05) is 32.1 Å². The van der Waals surface area contributed by atoms with Gasteiger partial charge in [0.25, 0.3) is 0 Å². The summed E-state index contributed by atoms with van der Waals surface area (Å²) in [7, 11) is 1.63. The van der Waals surface area contributed by atoms with Crippen molar-refractivity contribution < 1.29 is 14.3 Å². The zero-order chi connectivity index (χ0) is 18.9. The van der Waals surface area contributed by atoms with Gasteiger partial charge in [-0.3, -0.25) is 9.59 Å². The number of carbonyl (C=O) groups is 2. The number of ether oxygens (including phenoxy) is 1. The number of nitrogens with zero attached hydrogens (tertiary/aromatic N) is 2. The Kier molecular flexibility index (Phi) is 6.50. The minimum Gasteiger partial charge on any atom is -0.497 e. The highest BCUT2D eigenvalue weighted by Crippen LogP contribution is 2.59. The molecule has 28 heavy (non-hydrogen) atoms. The van der Waals surface area contributed by atoms with Crippen LogP contribution >= 0.6 is 12.4 Å². The van der Waals surface area contributed by atoms with Gasteiger partial charge in [-0.05, 0) is 55.5 Å². The molecule has 2 heterocycles. The Morgan fingerprint density at radius 3 is 2.50 bits per heavy atom. The van der Waals surface area contributed by atoms with Crippen LogP contribution in [0.1, 0.15) is 24.8 Å². The molecule has 0 radical (unpaired) electrons. The number of carbonyl (C=O) groups excluding carboxylic acids is 2. The average Bonchev–Trinajstić information content (AvgIpc) is 3.40. The lowest BCUT2D eigenvalue weighted by molar-refractivity contribution is -0.140. The quantitative estimate of drug-likeness (QED) is 0.825. The highest BCUT2D eigenvalue weighted by atomic mass is 35.5. The number of halogens is 1. The van der Waals surface area contributed by atoms with Gasteiger partial charge in [0.15, 0.2) is 0 Å². The zero-order valence-electron chi connectivity index (χ0n) is 16.5. The maximum absolute atomic E-state index is 12.9. The Labute approximate surface area is 173 Å². The van der Waals surface area contributed by atoms with E-state index in [0.29, 0.717) is 38.5 Å². The van der Waals surface area contributed by atoms with Crippen LogP contribution in [0.4, 0.5) is 0 Å². The fraction of sp³-hybridized carbons (Fsp3) is 0.619. The summed E-state index contributed by atoms with van der Waals surface area (Å²) in [5, 5.41) is 3.39. The third-order valence-electron chi connectivity index (χ3n) is 6.52. The number of methoxy groups -OCH3 is 1. The van der Waals surface area contributed by atoms with Gasteiger partial charge in [-0.2, -0.15) is 0 Å². The van der Waals surface area contributed by atoms with Crippen molar-refractivity contribution in [1.82, 2.24) is 15.1 Å². The molecule has 1 unspecified atom stereocenters. The van der Waals surface area contributed by atoms with Crippen molar-refractivity contribution in [2.24, 2.45) is 11.3 Å². The standard InChI is InChI=1S/C21H29N3O3.ClH/c1-27-17-4-2-3-16(13-17)14-19(25)23-9-11-24(12-10-23)20(26)18-15-21(18)5-7-22-8-6-21;/h2-4,13,18,22H,5-12,14-15H2,1H3;1H. The average molecular weight is 408 g/mol. The van der Waals surface area contributed by atoms with E-state index >= 15 is 0 Å². The molecule has 2 saturated heterocycles. The largest absolute Gasteiger partial charge is 0.497 e. The van der Waals surface area contributed by atoms with Gasteiger partial charge in [0.05, 0.1) is 13.5 Å². The molecule has 7 heteroatoms. The van der Waals surface area contributed by atoms with Crippen molar-refractivity contribution in [3.63, 3.8) is 0 Å². The second kappa shape index (κ2) is 8.70. The second-order valence-corrected chi connectivity index (χ2v) is 8.10. The zero-order valence-corrected chi connectivity index (χ0v) is 17.3. The van der Waals surface area contributed by atoms with Crippen molar-refractivity contribution in [1.29, 1.82) is 0 Å². The molecular weight excluding hydrogens is 378 g/mol. The molecule has 4 rings (SSSR count). The highest BCUT2D eigenvalue weighted by molar-refractivity contribution is 5.85. The Hall–Kier alpha value is -1.79. The minimum absolute atomic E-state index is 0. The summed E-state index contributed by atoms with van der Waals surface area (Å²) in [6.45, 7) is 4.67. The van der Waals surface area contributed by atoms with Gasteiger partial charge in [-0.15, -0.1) is 12.4 Å². The molecule has 0 bridgehead atoms. The molecule has 3 aliphatic rings. The van der Waals surface area contributed by atoms with E-state index in [9.17, 15) is 9.59 Å². The first-order chi connectivity index (χ1) is 13.1. The van der Waals surface area contributed by atoms with Gasteiger partial charge < -0.3 is 19.9 Å². The first-order valence-corrected chi connectivity index (χ1v) is 10.0. The van der Waals surface area contributed by atoms with Crippen molar-refractivity contribution in [3.8, 4) is 5.75 Å². The van der Waals surface area contributed by atoms with Crippen LogP contribution < -0.4 is 10.1 Å². The highest BCUT2D eigenvalue weighted by Gasteiger charge is 2.58. The van der Waals surface area contributed by atoms with E-state index in [1.807, 2.05) is 34.1 Å². The van der Waals surface area contributed by atoms with Gasteiger partial charge in [0.1, 0.15) is 5.75 Å². The van der Waals surface area contributed by atoms with Crippen LogP contribution in [0.3, 0.4) is 0 Å². The SMILES string of the molecule is COc1cccc(CC(=O)N2CCN(C(=O)C3CC34CCNCC4)CC2)c1.Cl. The lowest BCUT2D eigenvalue weighted by Crippen LogP contribution is -2.51. The summed E-state index contributed by atoms with van der Waals surface area (Å²) in [5.74, 6) is 1.43. The Morgan fingerprint density at radius 2 is 1.82 bits per heavy atom. The number of benzene rings is 1. The van der Waals surface area contributed by atoms with E-state index in [2.05, 4.69) is 5.32 Å². The summed E-state index contributed by atoms with van der Waals surface area (Å²) in [6, 6.07) is 7.64.